The van der Waals surface area contributed by atoms with E-state index in [1.807, 2.05) is 17.8 Å². The van der Waals surface area contributed by atoms with Gasteiger partial charge in [-0.3, -0.25) is 0 Å². The lowest BCUT2D eigenvalue weighted by Gasteiger charge is -2.01. The highest BCUT2D eigenvalue weighted by atomic mass is 79.9. The first-order valence-corrected chi connectivity index (χ1v) is 5.23. The van der Waals surface area contributed by atoms with Crippen molar-refractivity contribution in [1.82, 2.24) is 0 Å². The molecule has 1 aromatic rings. The second kappa shape index (κ2) is 2.81. The van der Waals surface area contributed by atoms with Gasteiger partial charge in [0.25, 0.3) is 0 Å². The molecule has 1 aromatic carbocycles. The van der Waals surface area contributed by atoms with Gasteiger partial charge in [-0.05, 0) is 17.7 Å². The first-order chi connectivity index (χ1) is 5.27. The smallest absolute Gasteiger partial charge is 0.0401 e. The third kappa shape index (κ3) is 1.33. The van der Waals surface area contributed by atoms with E-state index in [9.17, 15) is 0 Å². The third-order valence-electron chi connectivity index (χ3n) is 1.79. The standard InChI is InChI=1S/C8H8BrNS/c9-5-1-2-6-7(10)4-11-8(6)3-5/h1-3,7H,4,10H2. The fourth-order valence-corrected chi connectivity index (χ4v) is 2.86. The molecule has 11 heavy (non-hydrogen) atoms. The summed E-state index contributed by atoms with van der Waals surface area (Å²) in [6, 6.07) is 6.52. The second-order valence-electron chi connectivity index (χ2n) is 2.60. The number of hydrogen-bond acceptors (Lipinski definition) is 2. The van der Waals surface area contributed by atoms with Gasteiger partial charge in [0, 0.05) is 21.2 Å². The van der Waals surface area contributed by atoms with E-state index in [0.717, 1.165) is 10.2 Å². The largest absolute Gasteiger partial charge is 0.323 e. The Labute approximate surface area is 78.5 Å². The van der Waals surface area contributed by atoms with Crippen LogP contribution in [0.3, 0.4) is 0 Å². The lowest BCUT2D eigenvalue weighted by Crippen LogP contribution is -2.07. The Morgan fingerprint density at radius 2 is 2.36 bits per heavy atom. The van der Waals surface area contributed by atoms with Gasteiger partial charge in [-0.15, -0.1) is 11.8 Å². The predicted molar refractivity (Wildman–Crippen MR) is 51.8 cm³/mol. The summed E-state index contributed by atoms with van der Waals surface area (Å²) in [4.78, 5) is 1.33. The fourth-order valence-electron chi connectivity index (χ4n) is 1.21. The molecule has 0 saturated carbocycles. The number of rotatable bonds is 0. The Hall–Kier alpha value is 0.01000. The van der Waals surface area contributed by atoms with Crippen molar-refractivity contribution in [2.24, 2.45) is 5.73 Å². The summed E-state index contributed by atoms with van der Waals surface area (Å²) in [6.07, 6.45) is 0. The highest BCUT2D eigenvalue weighted by molar-refractivity contribution is 9.10. The van der Waals surface area contributed by atoms with Crippen LogP contribution in [0.25, 0.3) is 0 Å². The Kier molecular flexibility index (Phi) is 1.95. The van der Waals surface area contributed by atoms with Crippen LogP contribution in [0.4, 0.5) is 0 Å². The van der Waals surface area contributed by atoms with E-state index in [2.05, 4.69) is 28.1 Å². The van der Waals surface area contributed by atoms with Crippen molar-refractivity contribution >= 4 is 27.7 Å². The molecule has 0 amide bonds. The zero-order chi connectivity index (χ0) is 7.84. The predicted octanol–water partition coefficient (Wildman–Crippen LogP) is 2.55. The van der Waals surface area contributed by atoms with Crippen LogP contribution >= 0.6 is 27.7 Å². The van der Waals surface area contributed by atoms with E-state index in [1.54, 1.807) is 0 Å². The van der Waals surface area contributed by atoms with Crippen molar-refractivity contribution in [3.8, 4) is 0 Å². The van der Waals surface area contributed by atoms with Crippen molar-refractivity contribution in [2.45, 2.75) is 10.9 Å². The first-order valence-electron chi connectivity index (χ1n) is 3.45. The molecule has 0 bridgehead atoms. The first kappa shape index (κ1) is 7.65. The third-order valence-corrected chi connectivity index (χ3v) is 3.48. The van der Waals surface area contributed by atoms with Crippen LogP contribution in [-0.2, 0) is 0 Å². The molecule has 0 aliphatic carbocycles. The summed E-state index contributed by atoms with van der Waals surface area (Å²) in [5, 5.41) is 0. The van der Waals surface area contributed by atoms with Gasteiger partial charge in [-0.1, -0.05) is 22.0 Å². The summed E-state index contributed by atoms with van der Waals surface area (Å²) in [5.74, 6) is 1.02. The molecular formula is C8H8BrNS. The van der Waals surface area contributed by atoms with Crippen molar-refractivity contribution < 1.29 is 0 Å². The molecule has 0 spiro atoms. The van der Waals surface area contributed by atoms with E-state index in [-0.39, 0.29) is 6.04 Å². The average Bonchev–Trinajstić information content (AvgIpc) is 2.32. The van der Waals surface area contributed by atoms with Crippen molar-refractivity contribution in [3.63, 3.8) is 0 Å². The van der Waals surface area contributed by atoms with Gasteiger partial charge >= 0.3 is 0 Å². The van der Waals surface area contributed by atoms with Crippen molar-refractivity contribution in [1.29, 1.82) is 0 Å². The fraction of sp³-hybridized carbons (Fsp3) is 0.250. The van der Waals surface area contributed by atoms with Gasteiger partial charge in [0.1, 0.15) is 0 Å². The molecule has 58 valence electrons. The van der Waals surface area contributed by atoms with Crippen molar-refractivity contribution in [3.05, 3.63) is 28.2 Å². The molecule has 0 fully saturated rings. The lowest BCUT2D eigenvalue weighted by molar-refractivity contribution is 0.833. The zero-order valence-electron chi connectivity index (χ0n) is 5.88. The maximum absolute atomic E-state index is 5.86. The topological polar surface area (TPSA) is 26.0 Å². The second-order valence-corrected chi connectivity index (χ2v) is 4.58. The van der Waals surface area contributed by atoms with Gasteiger partial charge in [0.2, 0.25) is 0 Å². The molecule has 1 heterocycles. The molecule has 1 aliphatic rings. The Balaban J connectivity index is 2.50. The molecular weight excluding hydrogens is 222 g/mol. The van der Waals surface area contributed by atoms with Gasteiger partial charge in [-0.2, -0.15) is 0 Å². The summed E-state index contributed by atoms with van der Waals surface area (Å²) < 4.78 is 1.14. The van der Waals surface area contributed by atoms with E-state index < -0.39 is 0 Å². The quantitative estimate of drug-likeness (QED) is 0.741. The number of thioether (sulfide) groups is 1. The van der Waals surface area contributed by atoms with Gasteiger partial charge in [0.05, 0.1) is 0 Å². The Morgan fingerprint density at radius 3 is 3.18 bits per heavy atom. The summed E-state index contributed by atoms with van der Waals surface area (Å²) in [6.45, 7) is 0. The van der Waals surface area contributed by atoms with Crippen LogP contribution in [-0.4, -0.2) is 5.75 Å². The maximum Gasteiger partial charge on any atom is 0.0401 e. The number of fused-ring (bicyclic) bond motifs is 1. The average molecular weight is 230 g/mol. The maximum atomic E-state index is 5.86. The highest BCUT2D eigenvalue weighted by Crippen LogP contribution is 2.37. The molecule has 2 rings (SSSR count). The molecule has 2 N–H and O–H groups in total. The van der Waals surface area contributed by atoms with Crippen LogP contribution < -0.4 is 5.73 Å². The van der Waals surface area contributed by atoms with E-state index in [0.29, 0.717) is 0 Å². The summed E-state index contributed by atoms with van der Waals surface area (Å²) >= 11 is 5.27. The molecule has 0 aromatic heterocycles. The van der Waals surface area contributed by atoms with Crippen LogP contribution in [0, 0.1) is 0 Å². The molecule has 0 saturated heterocycles. The van der Waals surface area contributed by atoms with Crippen molar-refractivity contribution in [2.75, 3.05) is 5.75 Å². The number of halogens is 1. The monoisotopic (exact) mass is 229 g/mol. The Bertz CT molecular complexity index is 287. The van der Waals surface area contributed by atoms with Crippen LogP contribution in [0.2, 0.25) is 0 Å². The molecule has 3 heteroatoms. The van der Waals surface area contributed by atoms with Crippen LogP contribution in [0.5, 0.6) is 0 Å². The number of nitrogens with two attached hydrogens (primary N) is 1. The number of hydrogen-bond donors (Lipinski definition) is 1. The SMILES string of the molecule is NC1CSc2cc(Br)ccc21. The minimum absolute atomic E-state index is 0.239. The Morgan fingerprint density at radius 1 is 1.55 bits per heavy atom. The summed E-state index contributed by atoms with van der Waals surface area (Å²) in [7, 11) is 0. The van der Waals surface area contributed by atoms with E-state index in [4.69, 9.17) is 5.73 Å². The van der Waals surface area contributed by atoms with Gasteiger partial charge in [-0.25, -0.2) is 0 Å². The van der Waals surface area contributed by atoms with Crippen LogP contribution in [0.15, 0.2) is 27.6 Å². The molecule has 0 radical (unpaired) electrons. The van der Waals surface area contributed by atoms with Crippen LogP contribution in [0.1, 0.15) is 11.6 Å². The van der Waals surface area contributed by atoms with Gasteiger partial charge < -0.3 is 5.73 Å². The minimum atomic E-state index is 0.239. The molecule has 1 unspecified atom stereocenters. The minimum Gasteiger partial charge on any atom is -0.323 e. The van der Waals surface area contributed by atoms with Gasteiger partial charge in [0.15, 0.2) is 0 Å². The number of benzene rings is 1. The van der Waals surface area contributed by atoms with E-state index >= 15 is 0 Å². The highest BCUT2D eigenvalue weighted by Gasteiger charge is 2.18. The van der Waals surface area contributed by atoms with E-state index in [1.165, 1.54) is 10.5 Å². The molecule has 1 aliphatic heterocycles. The molecule has 1 nitrogen and oxygen atoms in total. The summed E-state index contributed by atoms with van der Waals surface area (Å²) in [5.41, 5.74) is 7.15. The normalized spacial score (nSPS) is 21.8. The zero-order valence-corrected chi connectivity index (χ0v) is 8.28. The lowest BCUT2D eigenvalue weighted by atomic mass is 10.1. The molecule has 1 atom stereocenters.